The smallest absolute Gasteiger partial charge is 0.324 e. The van der Waals surface area contributed by atoms with Crippen LogP contribution in [0.4, 0.5) is 4.79 Å². The fourth-order valence-corrected chi connectivity index (χ4v) is 2.06. The van der Waals surface area contributed by atoms with Gasteiger partial charge in [0.2, 0.25) is 5.91 Å². The zero-order chi connectivity index (χ0) is 12.5. The number of carbonyl (C=O) groups is 2. The SMILES string of the molecule is CCCCCCCCNC(=O)N1CCCC1=O. The summed E-state index contributed by atoms with van der Waals surface area (Å²) in [7, 11) is 0. The molecule has 0 spiro atoms. The molecule has 1 heterocycles. The van der Waals surface area contributed by atoms with Crippen molar-refractivity contribution in [2.75, 3.05) is 13.1 Å². The lowest BCUT2D eigenvalue weighted by atomic mass is 10.1. The van der Waals surface area contributed by atoms with Crippen molar-refractivity contribution in [1.29, 1.82) is 0 Å². The normalized spacial score (nSPS) is 15.4. The minimum Gasteiger partial charge on any atom is -0.338 e. The van der Waals surface area contributed by atoms with E-state index >= 15 is 0 Å². The van der Waals surface area contributed by atoms with E-state index in [1.165, 1.54) is 30.6 Å². The van der Waals surface area contributed by atoms with Crippen molar-refractivity contribution >= 4 is 11.9 Å². The predicted octanol–water partition coefficient (Wildman–Crippen LogP) is 2.68. The molecule has 0 aromatic heterocycles. The average Bonchev–Trinajstić information content (AvgIpc) is 2.74. The molecule has 0 bridgehead atoms. The minimum atomic E-state index is -0.207. The number of urea groups is 1. The van der Waals surface area contributed by atoms with Crippen molar-refractivity contribution in [2.45, 2.75) is 58.3 Å². The molecule has 1 aliphatic rings. The number of nitrogens with zero attached hydrogens (tertiary/aromatic N) is 1. The van der Waals surface area contributed by atoms with Gasteiger partial charge in [0.05, 0.1) is 0 Å². The molecule has 0 unspecified atom stereocenters. The summed E-state index contributed by atoms with van der Waals surface area (Å²) in [5.74, 6) is -0.0366. The summed E-state index contributed by atoms with van der Waals surface area (Å²) in [5, 5.41) is 2.81. The van der Waals surface area contributed by atoms with Crippen LogP contribution in [0.5, 0.6) is 0 Å². The second-order valence-electron chi connectivity index (χ2n) is 4.65. The maximum atomic E-state index is 11.6. The number of likely N-dealkylation sites (tertiary alicyclic amines) is 1. The van der Waals surface area contributed by atoms with Crippen molar-refractivity contribution in [3.8, 4) is 0 Å². The maximum Gasteiger partial charge on any atom is 0.324 e. The van der Waals surface area contributed by atoms with Crippen LogP contribution in [-0.4, -0.2) is 29.9 Å². The van der Waals surface area contributed by atoms with Crippen LogP contribution < -0.4 is 5.32 Å². The molecule has 4 heteroatoms. The van der Waals surface area contributed by atoms with Gasteiger partial charge in [-0.3, -0.25) is 9.69 Å². The number of hydrogen-bond donors (Lipinski definition) is 1. The highest BCUT2D eigenvalue weighted by atomic mass is 16.2. The van der Waals surface area contributed by atoms with E-state index in [-0.39, 0.29) is 11.9 Å². The van der Waals surface area contributed by atoms with Gasteiger partial charge in [-0.2, -0.15) is 0 Å². The fourth-order valence-electron chi connectivity index (χ4n) is 2.06. The summed E-state index contributed by atoms with van der Waals surface area (Å²) in [6.07, 6.45) is 8.59. The van der Waals surface area contributed by atoms with Crippen LogP contribution in [0.15, 0.2) is 0 Å². The number of rotatable bonds is 7. The van der Waals surface area contributed by atoms with E-state index in [1.807, 2.05) is 0 Å². The van der Waals surface area contributed by atoms with Gasteiger partial charge in [-0.15, -0.1) is 0 Å². The molecule has 1 saturated heterocycles. The number of amides is 3. The number of nitrogens with one attached hydrogen (secondary N) is 1. The molecule has 1 rings (SSSR count). The number of carbonyl (C=O) groups excluding carboxylic acids is 2. The second kappa shape index (κ2) is 8.09. The van der Waals surface area contributed by atoms with Crippen LogP contribution in [0, 0.1) is 0 Å². The molecule has 1 N–H and O–H groups in total. The van der Waals surface area contributed by atoms with Crippen LogP contribution >= 0.6 is 0 Å². The Balaban J connectivity index is 1.99. The molecule has 0 radical (unpaired) electrons. The Labute approximate surface area is 104 Å². The number of hydrogen-bond acceptors (Lipinski definition) is 2. The molecule has 0 aliphatic carbocycles. The van der Waals surface area contributed by atoms with Gasteiger partial charge < -0.3 is 5.32 Å². The zero-order valence-corrected chi connectivity index (χ0v) is 10.8. The molecule has 1 fully saturated rings. The minimum absolute atomic E-state index is 0.0366. The van der Waals surface area contributed by atoms with Crippen LogP contribution in [0.1, 0.15) is 58.3 Å². The first-order valence-electron chi connectivity index (χ1n) is 6.84. The lowest BCUT2D eigenvalue weighted by molar-refractivity contribution is -0.125. The summed E-state index contributed by atoms with van der Waals surface area (Å²) in [4.78, 5) is 24.2. The van der Waals surface area contributed by atoms with Crippen LogP contribution in [-0.2, 0) is 4.79 Å². The molecule has 0 aromatic rings. The molecule has 17 heavy (non-hydrogen) atoms. The van der Waals surface area contributed by atoms with E-state index < -0.39 is 0 Å². The Kier molecular flexibility index (Phi) is 6.67. The van der Waals surface area contributed by atoms with E-state index in [0.717, 1.165) is 19.3 Å². The first-order valence-corrected chi connectivity index (χ1v) is 6.84. The van der Waals surface area contributed by atoms with Gasteiger partial charge in [-0.25, -0.2) is 4.79 Å². The third-order valence-electron chi connectivity index (χ3n) is 3.13. The zero-order valence-electron chi connectivity index (χ0n) is 10.8. The molecule has 4 nitrogen and oxygen atoms in total. The van der Waals surface area contributed by atoms with Gasteiger partial charge in [-0.05, 0) is 12.8 Å². The largest absolute Gasteiger partial charge is 0.338 e. The summed E-state index contributed by atoms with van der Waals surface area (Å²) in [6.45, 7) is 3.48. The van der Waals surface area contributed by atoms with Gasteiger partial charge in [0.1, 0.15) is 0 Å². The lowest BCUT2D eigenvalue weighted by Gasteiger charge is -2.14. The summed E-state index contributed by atoms with van der Waals surface area (Å²) in [5.41, 5.74) is 0. The fraction of sp³-hybridized carbons (Fsp3) is 0.846. The van der Waals surface area contributed by atoms with Gasteiger partial charge in [-0.1, -0.05) is 39.0 Å². The highest BCUT2D eigenvalue weighted by molar-refractivity contribution is 5.95. The van der Waals surface area contributed by atoms with Crippen LogP contribution in [0.25, 0.3) is 0 Å². The molecule has 0 aromatic carbocycles. The van der Waals surface area contributed by atoms with Crippen molar-refractivity contribution in [1.82, 2.24) is 10.2 Å². The van der Waals surface area contributed by atoms with E-state index in [1.54, 1.807) is 0 Å². The maximum absolute atomic E-state index is 11.6. The van der Waals surface area contributed by atoms with E-state index in [0.29, 0.717) is 19.5 Å². The van der Waals surface area contributed by atoms with Gasteiger partial charge in [0, 0.05) is 19.5 Å². The van der Waals surface area contributed by atoms with Crippen molar-refractivity contribution < 1.29 is 9.59 Å². The molecular weight excluding hydrogens is 216 g/mol. The molecule has 0 saturated carbocycles. The van der Waals surface area contributed by atoms with Gasteiger partial charge in [0.25, 0.3) is 0 Å². The number of imide groups is 1. The molecule has 0 atom stereocenters. The predicted molar refractivity (Wildman–Crippen MR) is 67.7 cm³/mol. The van der Waals surface area contributed by atoms with E-state index in [4.69, 9.17) is 0 Å². The van der Waals surface area contributed by atoms with Crippen molar-refractivity contribution in [3.05, 3.63) is 0 Å². The third-order valence-corrected chi connectivity index (χ3v) is 3.13. The topological polar surface area (TPSA) is 49.4 Å². The first-order chi connectivity index (χ1) is 8.25. The summed E-state index contributed by atoms with van der Waals surface area (Å²) >= 11 is 0. The average molecular weight is 240 g/mol. The highest BCUT2D eigenvalue weighted by Gasteiger charge is 2.25. The number of unbranched alkanes of at least 4 members (excludes halogenated alkanes) is 5. The van der Waals surface area contributed by atoms with Crippen molar-refractivity contribution in [2.24, 2.45) is 0 Å². The van der Waals surface area contributed by atoms with Gasteiger partial charge >= 0.3 is 6.03 Å². The molecule has 98 valence electrons. The van der Waals surface area contributed by atoms with Crippen LogP contribution in [0.2, 0.25) is 0 Å². The first kappa shape index (κ1) is 14.0. The molecule has 1 aliphatic heterocycles. The third kappa shape index (κ3) is 5.20. The Morgan fingerprint density at radius 3 is 2.59 bits per heavy atom. The Bertz CT molecular complexity index is 254. The Morgan fingerprint density at radius 1 is 1.24 bits per heavy atom. The van der Waals surface area contributed by atoms with Gasteiger partial charge in [0.15, 0.2) is 0 Å². The highest BCUT2D eigenvalue weighted by Crippen LogP contribution is 2.09. The summed E-state index contributed by atoms with van der Waals surface area (Å²) < 4.78 is 0. The van der Waals surface area contributed by atoms with Crippen molar-refractivity contribution in [3.63, 3.8) is 0 Å². The molecular formula is C13H24N2O2. The Morgan fingerprint density at radius 2 is 1.94 bits per heavy atom. The summed E-state index contributed by atoms with van der Waals surface area (Å²) in [6, 6.07) is -0.207. The standard InChI is InChI=1S/C13H24N2O2/c1-2-3-4-5-6-7-10-14-13(17)15-11-8-9-12(15)16/h2-11H2,1H3,(H,14,17). The quantitative estimate of drug-likeness (QED) is 0.695. The lowest BCUT2D eigenvalue weighted by Crippen LogP contribution is -2.40. The Hall–Kier alpha value is -1.06. The van der Waals surface area contributed by atoms with Crippen LogP contribution in [0.3, 0.4) is 0 Å². The second-order valence-corrected chi connectivity index (χ2v) is 4.65. The van der Waals surface area contributed by atoms with E-state index in [2.05, 4.69) is 12.2 Å². The monoisotopic (exact) mass is 240 g/mol. The van der Waals surface area contributed by atoms with E-state index in [9.17, 15) is 9.59 Å². The molecule has 3 amide bonds.